The van der Waals surface area contributed by atoms with E-state index in [0.29, 0.717) is 6.61 Å². The third-order valence-corrected chi connectivity index (χ3v) is 11.5. The maximum Gasteiger partial charge on any atom is 0.261 e. The van der Waals surface area contributed by atoms with Gasteiger partial charge in [0.2, 0.25) is 5.95 Å². The number of halogens is 1. The first-order chi connectivity index (χ1) is 15.4. The summed E-state index contributed by atoms with van der Waals surface area (Å²) < 4.78 is 8.06. The predicted molar refractivity (Wildman–Crippen MR) is 137 cm³/mol. The lowest BCUT2D eigenvalue weighted by atomic mass is 10.2. The normalized spacial score (nSPS) is 17.4. The summed E-state index contributed by atoms with van der Waals surface area (Å²) in [7, 11) is -2.58. The summed E-state index contributed by atoms with van der Waals surface area (Å²) in [4.78, 5) is 11.4. The first-order valence-electron chi connectivity index (χ1n) is 11.1. The Morgan fingerprint density at radius 2 is 1.56 bits per heavy atom. The molecule has 0 aliphatic carbocycles. The third-order valence-electron chi connectivity index (χ3n) is 6.12. The van der Waals surface area contributed by atoms with Crippen molar-refractivity contribution in [1.29, 1.82) is 0 Å². The lowest BCUT2D eigenvalue weighted by molar-refractivity contribution is 0.251. The van der Waals surface area contributed by atoms with Crippen LogP contribution >= 0.6 is 15.9 Å². The van der Waals surface area contributed by atoms with Crippen molar-refractivity contribution in [2.45, 2.75) is 31.9 Å². The van der Waals surface area contributed by atoms with E-state index in [9.17, 15) is 0 Å². The third kappa shape index (κ3) is 4.66. The molecule has 32 heavy (non-hydrogen) atoms. The van der Waals surface area contributed by atoms with Crippen molar-refractivity contribution < 1.29 is 4.43 Å². The lowest BCUT2D eigenvalue weighted by Crippen LogP contribution is -2.68. The summed E-state index contributed by atoms with van der Waals surface area (Å²) in [5.74, 6) is 0.755. The maximum absolute atomic E-state index is 7.17. The molecule has 0 amide bonds. The van der Waals surface area contributed by atoms with Gasteiger partial charge in [-0.2, -0.15) is 0 Å². The predicted octanol–water partition coefficient (Wildman–Crippen LogP) is 3.59. The van der Waals surface area contributed by atoms with Crippen LogP contribution in [0.5, 0.6) is 0 Å². The first kappa shape index (κ1) is 23.1. The fourth-order valence-corrected chi connectivity index (χ4v) is 9.41. The van der Waals surface area contributed by atoms with Crippen LogP contribution in [-0.2, 0) is 4.43 Å². The number of hydrogen-bond acceptors (Lipinski definition) is 5. The zero-order valence-electron chi connectivity index (χ0n) is 19.0. The van der Waals surface area contributed by atoms with Crippen LogP contribution in [-0.4, -0.2) is 50.6 Å². The van der Waals surface area contributed by atoms with E-state index >= 15 is 0 Å². The summed E-state index contributed by atoms with van der Waals surface area (Å²) in [5, 5.41) is 6.08. The summed E-state index contributed by atoms with van der Waals surface area (Å²) in [6, 6.07) is 21.8. The van der Waals surface area contributed by atoms with Gasteiger partial charge in [0, 0.05) is 32.0 Å². The number of rotatable bonds is 6. The van der Waals surface area contributed by atoms with Crippen molar-refractivity contribution in [2.75, 3.05) is 31.1 Å². The molecule has 0 unspecified atom stereocenters. The molecular weight excluding hydrogens is 480 g/mol. The van der Waals surface area contributed by atoms with Crippen LogP contribution in [0.1, 0.15) is 20.8 Å². The number of nitrogens with zero attached hydrogens (tertiary/aromatic N) is 3. The Labute approximate surface area is 200 Å². The van der Waals surface area contributed by atoms with E-state index in [1.807, 2.05) is 12.4 Å². The molecule has 1 aliphatic heterocycles. The molecule has 0 saturated carbocycles. The Balaban J connectivity index is 1.70. The van der Waals surface area contributed by atoms with E-state index in [0.717, 1.165) is 30.1 Å². The number of benzene rings is 2. The number of piperazine rings is 1. The van der Waals surface area contributed by atoms with Crippen molar-refractivity contribution in [2.24, 2.45) is 0 Å². The van der Waals surface area contributed by atoms with E-state index in [1.54, 1.807) is 0 Å². The van der Waals surface area contributed by atoms with Gasteiger partial charge in [-0.05, 0) is 31.3 Å². The number of aromatic nitrogens is 2. The van der Waals surface area contributed by atoms with Crippen LogP contribution in [0.3, 0.4) is 0 Å². The molecule has 0 spiro atoms. The van der Waals surface area contributed by atoms with E-state index in [4.69, 9.17) is 4.43 Å². The smallest absolute Gasteiger partial charge is 0.261 e. The highest BCUT2D eigenvalue weighted by Crippen LogP contribution is 2.37. The van der Waals surface area contributed by atoms with Gasteiger partial charge in [-0.3, -0.25) is 0 Å². The second-order valence-corrected chi connectivity index (χ2v) is 14.4. The van der Waals surface area contributed by atoms with Crippen molar-refractivity contribution >= 4 is 40.6 Å². The largest absolute Gasteiger partial charge is 0.405 e. The second-order valence-electron chi connectivity index (χ2n) is 9.23. The van der Waals surface area contributed by atoms with Crippen molar-refractivity contribution in [3.05, 3.63) is 77.5 Å². The molecule has 3 aromatic rings. The molecular formula is C25H31BrN4OSi. The summed E-state index contributed by atoms with van der Waals surface area (Å²) in [6.07, 6.45) is 3.62. The van der Waals surface area contributed by atoms with Crippen molar-refractivity contribution in [1.82, 2.24) is 15.3 Å². The van der Waals surface area contributed by atoms with Crippen LogP contribution in [0.15, 0.2) is 77.5 Å². The molecule has 2 aromatic carbocycles. The van der Waals surface area contributed by atoms with Crippen LogP contribution in [0.2, 0.25) is 5.04 Å². The van der Waals surface area contributed by atoms with Gasteiger partial charge in [0.1, 0.15) is 0 Å². The maximum atomic E-state index is 7.17. The van der Waals surface area contributed by atoms with Gasteiger partial charge in [-0.25, -0.2) is 9.97 Å². The van der Waals surface area contributed by atoms with Crippen LogP contribution in [0.4, 0.5) is 5.95 Å². The number of hydrogen-bond donors (Lipinski definition) is 1. The molecule has 7 heteroatoms. The second kappa shape index (κ2) is 9.83. The van der Waals surface area contributed by atoms with Gasteiger partial charge in [0.05, 0.1) is 17.1 Å². The zero-order valence-corrected chi connectivity index (χ0v) is 21.5. The monoisotopic (exact) mass is 510 g/mol. The van der Waals surface area contributed by atoms with Gasteiger partial charge in [0.25, 0.3) is 8.32 Å². The highest BCUT2D eigenvalue weighted by Gasteiger charge is 2.50. The SMILES string of the molecule is CC(C)(C)[Si](OC[C@@H]1CNCCN1c1ncc(Br)cn1)(c1ccccc1)c1ccccc1. The number of anilines is 1. The Hall–Kier alpha value is -2.06. The average molecular weight is 512 g/mol. The topological polar surface area (TPSA) is 50.3 Å². The van der Waals surface area contributed by atoms with Gasteiger partial charge >= 0.3 is 0 Å². The minimum Gasteiger partial charge on any atom is -0.405 e. The van der Waals surface area contributed by atoms with E-state index in [1.165, 1.54) is 10.4 Å². The van der Waals surface area contributed by atoms with E-state index in [-0.39, 0.29) is 11.1 Å². The average Bonchev–Trinajstić information content (AvgIpc) is 2.81. The van der Waals surface area contributed by atoms with Gasteiger partial charge in [-0.1, -0.05) is 81.4 Å². The Kier molecular flexibility index (Phi) is 7.10. The summed E-state index contributed by atoms with van der Waals surface area (Å²) in [6.45, 7) is 10.2. The molecule has 168 valence electrons. The molecule has 1 aromatic heterocycles. The van der Waals surface area contributed by atoms with Crippen molar-refractivity contribution in [3.8, 4) is 0 Å². The highest BCUT2D eigenvalue weighted by atomic mass is 79.9. The fraction of sp³-hybridized carbons (Fsp3) is 0.360. The molecule has 1 atom stereocenters. The van der Waals surface area contributed by atoms with Crippen LogP contribution < -0.4 is 20.6 Å². The van der Waals surface area contributed by atoms with Crippen LogP contribution in [0.25, 0.3) is 0 Å². The standard InChI is InChI=1S/C25H31BrN4OSi/c1-25(2,3)32(22-10-6-4-7-11-22,23-12-8-5-9-13-23)31-19-21-18-27-14-15-30(21)24-28-16-20(26)17-29-24/h4-13,16-17,21,27H,14-15,18-19H2,1-3H3/t21-/m0/s1. The minimum atomic E-state index is -2.58. The van der Waals surface area contributed by atoms with Crippen LogP contribution in [0, 0.1) is 0 Å². The molecule has 1 aliphatic rings. The zero-order chi connectivity index (χ0) is 22.6. The van der Waals surface area contributed by atoms with Gasteiger partial charge < -0.3 is 14.6 Å². The lowest BCUT2D eigenvalue weighted by Gasteiger charge is -2.45. The van der Waals surface area contributed by atoms with E-state index < -0.39 is 8.32 Å². The highest BCUT2D eigenvalue weighted by molar-refractivity contribution is 9.10. The van der Waals surface area contributed by atoms with Gasteiger partial charge in [0.15, 0.2) is 0 Å². The Bertz CT molecular complexity index is 956. The van der Waals surface area contributed by atoms with Crippen molar-refractivity contribution in [3.63, 3.8) is 0 Å². The Morgan fingerprint density at radius 3 is 2.09 bits per heavy atom. The minimum absolute atomic E-state index is 0.0449. The van der Waals surface area contributed by atoms with E-state index in [2.05, 4.69) is 118 Å². The number of nitrogens with one attached hydrogen (secondary N) is 1. The molecule has 1 N–H and O–H groups in total. The quantitative estimate of drug-likeness (QED) is 0.513. The summed E-state index contributed by atoms with van der Waals surface area (Å²) in [5.41, 5.74) is 0. The Morgan fingerprint density at radius 1 is 1.00 bits per heavy atom. The molecule has 0 radical (unpaired) electrons. The summed E-state index contributed by atoms with van der Waals surface area (Å²) >= 11 is 3.44. The fourth-order valence-electron chi connectivity index (χ4n) is 4.61. The molecule has 4 rings (SSSR count). The van der Waals surface area contributed by atoms with Gasteiger partial charge in [-0.15, -0.1) is 0 Å². The molecule has 1 fully saturated rings. The molecule has 5 nitrogen and oxygen atoms in total. The first-order valence-corrected chi connectivity index (χ1v) is 13.8. The molecule has 0 bridgehead atoms. The molecule has 2 heterocycles. The molecule has 1 saturated heterocycles.